The third kappa shape index (κ3) is 2.43. The highest BCUT2D eigenvalue weighted by Gasteiger charge is 2.27. The van der Waals surface area contributed by atoms with Crippen molar-refractivity contribution in [1.82, 2.24) is 5.32 Å². The highest BCUT2D eigenvalue weighted by Crippen LogP contribution is 2.17. The van der Waals surface area contributed by atoms with Crippen molar-refractivity contribution in [1.29, 1.82) is 0 Å². The Balaban J connectivity index is 2.23. The van der Waals surface area contributed by atoms with Crippen LogP contribution in [0.3, 0.4) is 0 Å². The Labute approximate surface area is 68.1 Å². The molecule has 1 saturated heterocycles. The molecule has 0 bridgehead atoms. The van der Waals surface area contributed by atoms with Gasteiger partial charge in [0.25, 0.3) is 0 Å². The molecule has 0 spiro atoms. The molecule has 0 saturated carbocycles. The number of hydrogen-bond donors (Lipinski definition) is 1. The maximum absolute atomic E-state index is 5.58. The van der Waals surface area contributed by atoms with Crippen LogP contribution in [0.5, 0.6) is 0 Å². The molecule has 1 heterocycles. The third-order valence-electron chi connectivity index (χ3n) is 1.75. The van der Waals surface area contributed by atoms with Crippen LogP contribution in [0.2, 0.25) is 0 Å². The highest BCUT2D eigenvalue weighted by molar-refractivity contribution is 4.68. The Kier molecular flexibility index (Phi) is 3.30. The van der Waals surface area contributed by atoms with Crippen LogP contribution in [0, 0.1) is 5.92 Å². The number of rotatable bonds is 3. The van der Waals surface area contributed by atoms with Gasteiger partial charge in [-0.15, -0.1) is 0 Å². The average Bonchev–Trinajstić information content (AvgIpc) is 2.37. The summed E-state index contributed by atoms with van der Waals surface area (Å²) in [5.41, 5.74) is 0. The topological polar surface area (TPSA) is 30.5 Å². The number of hydrogen-bond acceptors (Lipinski definition) is 3. The zero-order valence-electron chi connectivity index (χ0n) is 7.46. The zero-order valence-corrected chi connectivity index (χ0v) is 7.46. The Hall–Kier alpha value is -0.120. The Morgan fingerprint density at radius 3 is 2.73 bits per heavy atom. The normalized spacial score (nSPS) is 31.6. The molecule has 0 aromatic heterocycles. The molecule has 66 valence electrons. The lowest BCUT2D eigenvalue weighted by Gasteiger charge is -2.13. The van der Waals surface area contributed by atoms with Crippen LogP contribution in [0.25, 0.3) is 0 Å². The van der Waals surface area contributed by atoms with Crippen LogP contribution >= 0.6 is 0 Å². The minimum atomic E-state index is 0.00773. The van der Waals surface area contributed by atoms with Gasteiger partial charge >= 0.3 is 0 Å². The van der Waals surface area contributed by atoms with Crippen LogP contribution in [0.15, 0.2) is 0 Å². The van der Waals surface area contributed by atoms with Crippen LogP contribution in [0.4, 0.5) is 0 Å². The second kappa shape index (κ2) is 4.04. The van der Waals surface area contributed by atoms with Crippen molar-refractivity contribution in [3.05, 3.63) is 0 Å². The quantitative estimate of drug-likeness (QED) is 0.654. The fourth-order valence-electron chi connectivity index (χ4n) is 1.15. The first-order chi connectivity index (χ1) is 5.24. The van der Waals surface area contributed by atoms with E-state index in [9.17, 15) is 0 Å². The van der Waals surface area contributed by atoms with Crippen LogP contribution in [0.1, 0.15) is 13.8 Å². The van der Waals surface area contributed by atoms with Crippen molar-refractivity contribution in [3.63, 3.8) is 0 Å². The van der Waals surface area contributed by atoms with Gasteiger partial charge < -0.3 is 14.8 Å². The predicted octanol–water partition coefficient (Wildman–Crippen LogP) is 0.603. The van der Waals surface area contributed by atoms with Crippen molar-refractivity contribution in [3.8, 4) is 0 Å². The summed E-state index contributed by atoms with van der Waals surface area (Å²) >= 11 is 0. The van der Waals surface area contributed by atoms with Gasteiger partial charge in [-0.25, -0.2) is 0 Å². The van der Waals surface area contributed by atoms with E-state index in [1.807, 2.05) is 7.05 Å². The Bertz CT molecular complexity index is 117. The zero-order chi connectivity index (χ0) is 8.27. The van der Waals surface area contributed by atoms with Crippen LogP contribution in [-0.4, -0.2) is 32.6 Å². The third-order valence-corrected chi connectivity index (χ3v) is 1.75. The van der Waals surface area contributed by atoms with E-state index in [1.54, 1.807) is 0 Å². The van der Waals surface area contributed by atoms with E-state index in [1.165, 1.54) is 0 Å². The van der Waals surface area contributed by atoms with Gasteiger partial charge in [0, 0.05) is 12.5 Å². The molecule has 3 nitrogen and oxygen atoms in total. The molecular formula is C8H17NO2. The molecular weight excluding hydrogens is 142 g/mol. The Morgan fingerprint density at radius 2 is 2.27 bits per heavy atom. The summed E-state index contributed by atoms with van der Waals surface area (Å²) in [6.45, 7) is 5.81. The monoisotopic (exact) mass is 159 g/mol. The van der Waals surface area contributed by atoms with Gasteiger partial charge in [-0.1, -0.05) is 13.8 Å². The molecule has 0 aromatic carbocycles. The van der Waals surface area contributed by atoms with Gasteiger partial charge in [0.15, 0.2) is 6.29 Å². The molecule has 1 N–H and O–H groups in total. The first-order valence-corrected chi connectivity index (χ1v) is 4.15. The molecule has 1 aliphatic heterocycles. The SMILES string of the molecule is CNCC1COC(C(C)C)O1. The summed E-state index contributed by atoms with van der Waals surface area (Å²) < 4.78 is 11.0. The van der Waals surface area contributed by atoms with E-state index in [2.05, 4.69) is 19.2 Å². The highest BCUT2D eigenvalue weighted by atomic mass is 16.7. The molecule has 11 heavy (non-hydrogen) atoms. The molecule has 1 rings (SSSR count). The lowest BCUT2D eigenvalue weighted by Crippen LogP contribution is -2.26. The standard InChI is InChI=1S/C8H17NO2/c1-6(2)8-10-5-7(11-8)4-9-3/h6-9H,4-5H2,1-3H3. The van der Waals surface area contributed by atoms with Crippen LogP contribution < -0.4 is 5.32 Å². The van der Waals surface area contributed by atoms with E-state index in [-0.39, 0.29) is 12.4 Å². The molecule has 1 fully saturated rings. The number of ether oxygens (including phenoxy) is 2. The van der Waals surface area contributed by atoms with Gasteiger partial charge in [-0.2, -0.15) is 0 Å². The van der Waals surface area contributed by atoms with Crippen molar-refractivity contribution in [2.24, 2.45) is 5.92 Å². The van der Waals surface area contributed by atoms with Gasteiger partial charge in [0.1, 0.15) is 0 Å². The van der Waals surface area contributed by atoms with Gasteiger partial charge in [0.2, 0.25) is 0 Å². The molecule has 0 amide bonds. The minimum Gasteiger partial charge on any atom is -0.350 e. The average molecular weight is 159 g/mol. The molecule has 0 aromatic rings. The predicted molar refractivity (Wildman–Crippen MR) is 43.4 cm³/mol. The first kappa shape index (κ1) is 8.97. The number of likely N-dealkylation sites (N-methyl/N-ethyl adjacent to an activating group) is 1. The fraction of sp³-hybridized carbons (Fsp3) is 1.00. The Morgan fingerprint density at radius 1 is 1.55 bits per heavy atom. The lowest BCUT2D eigenvalue weighted by atomic mass is 10.2. The van der Waals surface area contributed by atoms with Gasteiger partial charge in [-0.3, -0.25) is 0 Å². The van der Waals surface area contributed by atoms with Crippen molar-refractivity contribution in [2.75, 3.05) is 20.2 Å². The van der Waals surface area contributed by atoms with Crippen molar-refractivity contribution < 1.29 is 9.47 Å². The number of nitrogens with one attached hydrogen (secondary N) is 1. The minimum absolute atomic E-state index is 0.00773. The molecule has 2 unspecified atom stereocenters. The molecule has 3 heteroatoms. The maximum atomic E-state index is 5.58. The van der Waals surface area contributed by atoms with E-state index in [0.29, 0.717) is 5.92 Å². The van der Waals surface area contributed by atoms with Gasteiger partial charge in [0.05, 0.1) is 12.7 Å². The summed E-state index contributed by atoms with van der Waals surface area (Å²) in [5.74, 6) is 0.455. The van der Waals surface area contributed by atoms with E-state index in [4.69, 9.17) is 9.47 Å². The summed E-state index contributed by atoms with van der Waals surface area (Å²) in [6.07, 6.45) is 0.251. The lowest BCUT2D eigenvalue weighted by molar-refractivity contribution is -0.0864. The molecule has 0 aliphatic carbocycles. The van der Waals surface area contributed by atoms with E-state index >= 15 is 0 Å². The summed E-state index contributed by atoms with van der Waals surface area (Å²) in [5, 5.41) is 3.06. The smallest absolute Gasteiger partial charge is 0.160 e. The van der Waals surface area contributed by atoms with Crippen molar-refractivity contribution in [2.45, 2.75) is 26.2 Å². The molecule has 0 radical (unpaired) electrons. The first-order valence-electron chi connectivity index (χ1n) is 4.15. The molecule has 2 atom stereocenters. The summed E-state index contributed by atoms with van der Waals surface area (Å²) in [6, 6.07) is 0. The second-order valence-corrected chi connectivity index (χ2v) is 3.26. The summed E-state index contributed by atoms with van der Waals surface area (Å²) in [7, 11) is 1.92. The summed E-state index contributed by atoms with van der Waals surface area (Å²) in [4.78, 5) is 0. The van der Waals surface area contributed by atoms with Crippen molar-refractivity contribution >= 4 is 0 Å². The van der Waals surface area contributed by atoms with Crippen LogP contribution in [-0.2, 0) is 9.47 Å². The van der Waals surface area contributed by atoms with E-state index in [0.717, 1.165) is 13.2 Å². The largest absolute Gasteiger partial charge is 0.350 e. The maximum Gasteiger partial charge on any atom is 0.160 e. The fourth-order valence-corrected chi connectivity index (χ4v) is 1.15. The second-order valence-electron chi connectivity index (χ2n) is 3.26. The van der Waals surface area contributed by atoms with E-state index < -0.39 is 0 Å². The van der Waals surface area contributed by atoms with Gasteiger partial charge in [-0.05, 0) is 7.05 Å². The molecule has 1 aliphatic rings.